The Kier molecular flexibility index (Phi) is 4.61. The van der Waals surface area contributed by atoms with Crippen molar-refractivity contribution in [2.24, 2.45) is 7.05 Å². The molecular weight excluding hydrogens is 338 g/mol. The molecule has 26 heavy (non-hydrogen) atoms. The molecule has 0 atom stereocenters. The second-order valence-electron chi connectivity index (χ2n) is 5.51. The second-order valence-corrected chi connectivity index (χ2v) is 5.51. The zero-order valence-electron chi connectivity index (χ0n) is 14.0. The Balaban J connectivity index is 1.88. The van der Waals surface area contributed by atoms with Crippen molar-refractivity contribution in [3.63, 3.8) is 0 Å². The lowest BCUT2D eigenvalue weighted by Gasteiger charge is -2.08. The van der Waals surface area contributed by atoms with Gasteiger partial charge in [-0.15, -0.1) is 0 Å². The molecule has 0 aliphatic rings. The van der Waals surface area contributed by atoms with E-state index in [4.69, 9.17) is 4.74 Å². The number of nitro benzene ring substituents is 1. The maximum absolute atomic E-state index is 12.3. The van der Waals surface area contributed by atoms with Gasteiger partial charge in [0.05, 0.1) is 22.9 Å². The van der Waals surface area contributed by atoms with Gasteiger partial charge < -0.3 is 10.1 Å². The molecule has 0 spiro atoms. The van der Waals surface area contributed by atoms with Crippen LogP contribution in [0.5, 0.6) is 11.5 Å². The Bertz CT molecular complexity index is 949. The fourth-order valence-corrected chi connectivity index (χ4v) is 2.23. The van der Waals surface area contributed by atoms with E-state index in [1.54, 1.807) is 36.1 Å². The Hall–Kier alpha value is -3.75. The van der Waals surface area contributed by atoms with Gasteiger partial charge in [0.15, 0.2) is 5.69 Å². The fraction of sp³-hybridized carbons (Fsp3) is 0.118. The number of aromatic nitrogens is 3. The van der Waals surface area contributed by atoms with Gasteiger partial charge in [-0.3, -0.25) is 24.6 Å². The van der Waals surface area contributed by atoms with E-state index in [1.165, 1.54) is 24.4 Å². The minimum atomic E-state index is -0.559. The molecule has 0 unspecified atom stereocenters. The summed E-state index contributed by atoms with van der Waals surface area (Å²) in [7, 11) is 1.72. The van der Waals surface area contributed by atoms with Crippen molar-refractivity contribution in [3.8, 4) is 11.5 Å². The van der Waals surface area contributed by atoms with Crippen LogP contribution in [0.2, 0.25) is 0 Å². The Morgan fingerprint density at radius 2 is 2.08 bits per heavy atom. The quantitative estimate of drug-likeness (QED) is 0.557. The first-order chi connectivity index (χ1) is 12.4. The van der Waals surface area contributed by atoms with Gasteiger partial charge in [-0.2, -0.15) is 5.10 Å². The highest BCUT2D eigenvalue weighted by Gasteiger charge is 2.16. The molecule has 0 saturated carbocycles. The van der Waals surface area contributed by atoms with Gasteiger partial charge in [-0.05, 0) is 25.1 Å². The highest BCUT2D eigenvalue weighted by molar-refractivity contribution is 6.03. The zero-order chi connectivity index (χ0) is 18.7. The SMILES string of the molecule is Cc1cc(C(=O)Nc2cc(Oc3cccnc3)cc([N+](=O)[O-])c2)nn1C. The molecule has 0 radical (unpaired) electrons. The number of carbonyl (C=O) groups is 1. The number of ether oxygens (including phenoxy) is 1. The molecule has 1 aromatic carbocycles. The molecule has 2 aromatic heterocycles. The fourth-order valence-electron chi connectivity index (χ4n) is 2.23. The summed E-state index contributed by atoms with van der Waals surface area (Å²) in [5, 5.41) is 17.9. The van der Waals surface area contributed by atoms with Gasteiger partial charge in [-0.25, -0.2) is 0 Å². The molecule has 0 bridgehead atoms. The number of nitrogens with zero attached hydrogens (tertiary/aromatic N) is 4. The molecule has 0 saturated heterocycles. The van der Waals surface area contributed by atoms with Crippen LogP contribution >= 0.6 is 0 Å². The summed E-state index contributed by atoms with van der Waals surface area (Å²) in [6.07, 6.45) is 3.06. The second kappa shape index (κ2) is 7.01. The van der Waals surface area contributed by atoms with Gasteiger partial charge >= 0.3 is 0 Å². The van der Waals surface area contributed by atoms with Gasteiger partial charge in [-0.1, -0.05) is 0 Å². The number of aryl methyl sites for hydroxylation is 2. The molecule has 132 valence electrons. The van der Waals surface area contributed by atoms with Crippen molar-refractivity contribution in [2.75, 3.05) is 5.32 Å². The van der Waals surface area contributed by atoms with Crippen molar-refractivity contribution in [1.29, 1.82) is 0 Å². The van der Waals surface area contributed by atoms with Gasteiger partial charge in [0.1, 0.15) is 11.5 Å². The minimum absolute atomic E-state index is 0.208. The van der Waals surface area contributed by atoms with E-state index >= 15 is 0 Å². The first-order valence-electron chi connectivity index (χ1n) is 7.62. The lowest BCUT2D eigenvalue weighted by molar-refractivity contribution is -0.384. The number of rotatable bonds is 5. The van der Waals surface area contributed by atoms with Crippen LogP contribution in [0.25, 0.3) is 0 Å². The van der Waals surface area contributed by atoms with Crippen LogP contribution in [0.15, 0.2) is 48.8 Å². The van der Waals surface area contributed by atoms with Crippen LogP contribution in [-0.4, -0.2) is 25.6 Å². The number of hydrogen-bond donors (Lipinski definition) is 1. The summed E-state index contributed by atoms with van der Waals surface area (Å²) in [4.78, 5) is 26.9. The largest absolute Gasteiger partial charge is 0.455 e. The summed E-state index contributed by atoms with van der Waals surface area (Å²) in [6.45, 7) is 1.82. The number of amides is 1. The number of anilines is 1. The smallest absolute Gasteiger partial charge is 0.276 e. The Morgan fingerprint density at radius 3 is 2.69 bits per heavy atom. The summed E-state index contributed by atoms with van der Waals surface area (Å²) < 4.78 is 7.15. The molecule has 0 aliphatic carbocycles. The number of nitro groups is 1. The highest BCUT2D eigenvalue weighted by Crippen LogP contribution is 2.29. The molecule has 0 fully saturated rings. The summed E-state index contributed by atoms with van der Waals surface area (Å²) in [6, 6.07) is 8.99. The van der Waals surface area contributed by atoms with E-state index in [9.17, 15) is 14.9 Å². The van der Waals surface area contributed by atoms with Crippen LogP contribution < -0.4 is 10.1 Å². The number of carbonyl (C=O) groups excluding carboxylic acids is 1. The topological polar surface area (TPSA) is 112 Å². The third-order valence-corrected chi connectivity index (χ3v) is 3.58. The van der Waals surface area contributed by atoms with Crippen LogP contribution in [0, 0.1) is 17.0 Å². The van der Waals surface area contributed by atoms with Gasteiger partial charge in [0, 0.05) is 31.1 Å². The van der Waals surface area contributed by atoms with E-state index in [2.05, 4.69) is 15.4 Å². The predicted octanol–water partition coefficient (Wildman–Crippen LogP) is 3.08. The molecule has 1 amide bonds. The molecule has 9 nitrogen and oxygen atoms in total. The van der Waals surface area contributed by atoms with Crippen LogP contribution in [-0.2, 0) is 7.05 Å². The monoisotopic (exact) mass is 353 g/mol. The van der Waals surface area contributed by atoms with E-state index < -0.39 is 10.8 Å². The van der Waals surface area contributed by atoms with E-state index in [0.29, 0.717) is 5.75 Å². The van der Waals surface area contributed by atoms with Crippen LogP contribution in [0.3, 0.4) is 0 Å². The average molecular weight is 353 g/mol. The van der Waals surface area contributed by atoms with E-state index in [0.717, 1.165) is 5.69 Å². The van der Waals surface area contributed by atoms with E-state index in [1.807, 2.05) is 6.92 Å². The van der Waals surface area contributed by atoms with Crippen molar-refractivity contribution < 1.29 is 14.5 Å². The average Bonchev–Trinajstić information content (AvgIpc) is 2.95. The van der Waals surface area contributed by atoms with Crippen molar-refractivity contribution in [3.05, 3.63) is 70.3 Å². The first kappa shape index (κ1) is 17.1. The van der Waals surface area contributed by atoms with Gasteiger partial charge in [0.25, 0.3) is 11.6 Å². The molecule has 3 rings (SSSR count). The zero-order valence-corrected chi connectivity index (χ0v) is 14.0. The molecule has 2 heterocycles. The maximum Gasteiger partial charge on any atom is 0.276 e. The molecule has 9 heteroatoms. The lowest BCUT2D eigenvalue weighted by Crippen LogP contribution is -2.13. The molecule has 1 N–H and O–H groups in total. The number of benzene rings is 1. The minimum Gasteiger partial charge on any atom is -0.455 e. The third kappa shape index (κ3) is 3.83. The maximum atomic E-state index is 12.3. The number of pyridine rings is 1. The van der Waals surface area contributed by atoms with Gasteiger partial charge in [0.2, 0.25) is 0 Å². The molecule has 0 aliphatic heterocycles. The summed E-state index contributed by atoms with van der Waals surface area (Å²) in [5.41, 5.74) is 1.05. The van der Waals surface area contributed by atoms with Crippen molar-refractivity contribution in [2.45, 2.75) is 6.92 Å². The van der Waals surface area contributed by atoms with Crippen LogP contribution in [0.1, 0.15) is 16.2 Å². The third-order valence-electron chi connectivity index (χ3n) is 3.58. The Morgan fingerprint density at radius 1 is 1.27 bits per heavy atom. The van der Waals surface area contributed by atoms with Crippen molar-refractivity contribution in [1.82, 2.24) is 14.8 Å². The molecular formula is C17H15N5O4. The van der Waals surface area contributed by atoms with Crippen molar-refractivity contribution >= 4 is 17.3 Å². The normalized spacial score (nSPS) is 10.4. The number of nitrogens with one attached hydrogen (secondary N) is 1. The predicted molar refractivity (Wildman–Crippen MR) is 93.3 cm³/mol. The summed E-state index contributed by atoms with van der Waals surface area (Å²) >= 11 is 0. The number of hydrogen-bond acceptors (Lipinski definition) is 6. The number of non-ortho nitro benzene ring substituents is 1. The van der Waals surface area contributed by atoms with Crippen LogP contribution in [0.4, 0.5) is 11.4 Å². The van der Waals surface area contributed by atoms with E-state index in [-0.39, 0.29) is 22.8 Å². The highest BCUT2D eigenvalue weighted by atomic mass is 16.6. The standard InChI is InChI=1S/C17H15N5O4/c1-11-6-16(20-21(11)2)17(23)19-12-7-13(22(24)25)9-15(8-12)26-14-4-3-5-18-10-14/h3-10H,1-2H3,(H,19,23). The molecule has 3 aromatic rings. The lowest BCUT2D eigenvalue weighted by atomic mass is 10.2. The first-order valence-corrected chi connectivity index (χ1v) is 7.62. The summed E-state index contributed by atoms with van der Waals surface area (Å²) in [5.74, 6) is 0.159. The Labute approximate surface area is 148 Å².